The fourth-order valence-electron chi connectivity index (χ4n) is 35.4. The maximum absolute atomic E-state index is 4.90. The molecule has 0 amide bonds. The molecule has 3 aromatic heterocycles. The van der Waals surface area contributed by atoms with E-state index in [1.54, 1.807) is 16.4 Å². The molecule has 6 bridgehead atoms. The molecule has 0 unspecified atom stereocenters. The molecule has 24 aliphatic rings. The van der Waals surface area contributed by atoms with E-state index in [2.05, 4.69) is 307 Å². The minimum absolute atomic E-state index is 0.293. The van der Waals surface area contributed by atoms with Crippen molar-refractivity contribution in [2.24, 2.45) is 0 Å². The summed E-state index contributed by atoms with van der Waals surface area (Å²) in [7, 11) is 0.927. The van der Waals surface area contributed by atoms with E-state index in [-0.39, 0.29) is 0 Å². The summed E-state index contributed by atoms with van der Waals surface area (Å²) in [6, 6.07) is 106. The van der Waals surface area contributed by atoms with E-state index < -0.39 is 38.0 Å². The number of benzene rings is 12. The first-order valence-corrected chi connectivity index (χ1v) is 60.2. The van der Waals surface area contributed by atoms with Crippen molar-refractivity contribution in [3.05, 3.63) is 273 Å². The van der Waals surface area contributed by atoms with E-state index in [1.165, 1.54) is 134 Å². The second-order valence-electron chi connectivity index (χ2n) is 43.1. The molecule has 3 radical (unpaired) electrons. The first-order valence-electron chi connectivity index (χ1n) is 44.2. The third kappa shape index (κ3) is 5.62. The predicted octanol–water partition coefficient (Wildman–Crippen LogP) is -0.307. The van der Waals surface area contributed by atoms with Crippen LogP contribution in [0.2, 0.25) is 0 Å². The molecular weight excluding hydrogens is 1430 g/mol. The fraction of sp³-hybridized carbons (Fsp3) is 0. The van der Waals surface area contributed by atoms with Crippen LogP contribution in [-0.2, 0) is 0 Å². The Morgan fingerprint density at radius 3 is 1.14 bits per heavy atom. The Bertz CT molecular complexity index is 7310. The molecule has 3 N–H and O–H groups in total. The first kappa shape index (κ1) is 59.8. The molecule has 0 aliphatic carbocycles. The van der Waals surface area contributed by atoms with Crippen molar-refractivity contribution >= 4 is 344 Å². The summed E-state index contributed by atoms with van der Waals surface area (Å²) < 4.78 is 7.82. The molecule has 3 spiro atoms. The number of rotatable bonds is 12. The molecule has 111 heavy (non-hydrogen) atoms. The quantitative estimate of drug-likeness (QED) is 0.117. The molecule has 495 valence electrons. The van der Waals surface area contributed by atoms with Crippen molar-refractivity contribution in [1.82, 2.24) is 28.3 Å². The zero-order chi connectivity index (χ0) is 70.7. The summed E-state index contributed by atoms with van der Waals surface area (Å²) in [5.74, 6) is 0. The van der Waals surface area contributed by atoms with Crippen LogP contribution in [0.4, 0.5) is 0 Å². The van der Waals surface area contributed by atoms with E-state index in [4.69, 9.17) is 14.6 Å². The van der Waals surface area contributed by atoms with Crippen molar-refractivity contribution < 1.29 is 0 Å². The molecule has 0 saturated carbocycles. The number of hydrogen-bond donors (Lipinski definition) is 3. The number of nitrogens with one attached hydrogen (secondary N) is 3. The topological polar surface area (TPSA) is 50.9 Å². The van der Waals surface area contributed by atoms with Gasteiger partial charge in [-0.2, -0.15) is 0 Å². The first-order chi connectivity index (χ1) is 54.6. The summed E-state index contributed by atoms with van der Waals surface area (Å²) in [6.45, 7) is 10.7. The van der Waals surface area contributed by atoms with Crippen LogP contribution in [0.5, 0.6) is 0 Å². The molecule has 15 aromatic rings. The van der Waals surface area contributed by atoms with E-state index in [0.29, 0.717) is 62.0 Å². The average Bonchev–Trinajstić information content (AvgIpc) is 1.34. The minimum atomic E-state index is -1.91. The summed E-state index contributed by atoms with van der Waals surface area (Å²) in [5.41, 5.74) is 26.4. The number of para-hydroxylation sites is 7. The van der Waals surface area contributed by atoms with Crippen molar-refractivity contribution in [1.29, 1.82) is 0 Å². The normalized spacial score (nSPS) is 26.8. The Hall–Kier alpha value is -5.75. The van der Waals surface area contributed by atoms with Crippen molar-refractivity contribution in [3.63, 3.8) is 0 Å². The summed E-state index contributed by atoms with van der Waals surface area (Å²) in [6.07, 6.45) is 7.91. The predicted molar refractivity (Wildman–Crippen MR) is 540 cm³/mol. The van der Waals surface area contributed by atoms with E-state index in [1.807, 2.05) is 15.9 Å². The van der Waals surface area contributed by atoms with Gasteiger partial charge in [0.2, 0.25) is 0 Å². The molecule has 27 heterocycles. The van der Waals surface area contributed by atoms with E-state index in [9.17, 15) is 0 Å². The van der Waals surface area contributed by atoms with E-state index >= 15 is 0 Å². The van der Waals surface area contributed by atoms with Crippen LogP contribution in [0.1, 0.15) is 0 Å². The Morgan fingerprint density at radius 2 is 0.658 bits per heavy atom. The van der Waals surface area contributed by atoms with Gasteiger partial charge in [-0.25, -0.2) is 0 Å². The van der Waals surface area contributed by atoms with E-state index in [0.717, 1.165) is 74.6 Å². The zero-order valence-corrected chi connectivity index (χ0v) is 68.5. The van der Waals surface area contributed by atoms with Crippen LogP contribution in [0.3, 0.4) is 0 Å². The standard InChI is InChI=1S/3C24H20B9N2P2/c1-4-13-21-16(8-1)17-9-7-12-20-24(17)35(21)22-14-5-2-10-18(22)28(20)19-11-3-6-15-23(19)36(29-25-30(36)33(29)36)34-37-26-31(37)32(37)27-37;1-2-8-16(9-3-1)28-20-11-5-7-13-23(20)35-22-12-6-4-10-18(22)19-14-17(15-21(28)24(19)35)36(29-25-30(36)33(29)36)34-37-26-31(37)32(37)27-37;1-2-8-16(9-3-1)28-19-11-5-7-13-21(19)35-20-12-6-4-10-17(20)18-14-15-22(23(28)24(18)35)36(29-25-30(36)33(29)36)34-37-26-31(37)32(37)27-37/h3*1-15,34H,25-26H2/q3*-2. The number of fused-ring (bicyclic) bond motifs is 18. The molecule has 12 aromatic carbocycles. The van der Waals surface area contributed by atoms with Crippen LogP contribution < -0.4 is 79.7 Å². The third-order valence-corrected chi connectivity index (χ3v) is 95.7. The van der Waals surface area contributed by atoms with Crippen molar-refractivity contribution in [2.75, 3.05) is 0 Å². The average molecular weight is 1490 g/mol. The van der Waals surface area contributed by atoms with Crippen molar-refractivity contribution in [3.8, 4) is 17.1 Å². The van der Waals surface area contributed by atoms with Gasteiger partial charge < -0.3 is 0 Å². The molecule has 21 saturated heterocycles. The second-order valence-corrected chi connectivity index (χ2v) is 79.3. The Morgan fingerprint density at radius 1 is 0.279 bits per heavy atom. The molecule has 21 fully saturated rings. The molecule has 0 atom stereocenters. The van der Waals surface area contributed by atoms with Gasteiger partial charge >= 0.3 is 663 Å². The van der Waals surface area contributed by atoms with Gasteiger partial charge in [0.25, 0.3) is 0 Å². The van der Waals surface area contributed by atoms with Crippen LogP contribution in [-0.4, -0.2) is 190 Å². The molecule has 39 rings (SSSR count). The van der Waals surface area contributed by atoms with Gasteiger partial charge in [-0.1, -0.05) is 0 Å². The maximum atomic E-state index is 4.90. The Balaban J connectivity index is 0.0000000801. The molecule has 24 aliphatic heterocycles. The molecule has 39 heteroatoms. The second kappa shape index (κ2) is 17.1. The number of nitrogens with zero attached hydrogens (tertiary/aromatic N) is 3. The molecule has 6 nitrogen and oxygen atoms in total. The summed E-state index contributed by atoms with van der Waals surface area (Å²) >= 11 is 0. The van der Waals surface area contributed by atoms with Crippen LogP contribution in [0, 0.1) is 0 Å². The van der Waals surface area contributed by atoms with Crippen molar-refractivity contribution in [2.45, 2.75) is 0 Å². The van der Waals surface area contributed by atoms with Gasteiger partial charge in [0.05, 0.1) is 0 Å². The van der Waals surface area contributed by atoms with Gasteiger partial charge in [-0.05, 0) is 0 Å². The van der Waals surface area contributed by atoms with Gasteiger partial charge in [0, 0.05) is 0 Å². The van der Waals surface area contributed by atoms with Crippen LogP contribution >= 0.6 is 38.0 Å². The molecular formula is C72H60B27N6P6-6. The van der Waals surface area contributed by atoms with Gasteiger partial charge in [-0.15, -0.1) is 0 Å². The van der Waals surface area contributed by atoms with Crippen LogP contribution in [0.15, 0.2) is 273 Å². The monoisotopic (exact) mass is 1490 g/mol. The summed E-state index contributed by atoms with van der Waals surface area (Å²) in [5, 5.41) is 14.1. The Labute approximate surface area is 657 Å². The van der Waals surface area contributed by atoms with Gasteiger partial charge in [0.15, 0.2) is 0 Å². The number of aromatic nitrogens is 3. The van der Waals surface area contributed by atoms with Gasteiger partial charge in [-0.3, -0.25) is 0 Å². The summed E-state index contributed by atoms with van der Waals surface area (Å²) in [4.78, 5) is 14.6. The Kier molecular flexibility index (Phi) is 9.20. The van der Waals surface area contributed by atoms with Crippen LogP contribution in [0.25, 0.3) is 82.5 Å². The SMILES string of the molecule is [B]1B2B3[BH2-]P123NP12(c3cc4c5c(c3)c3ccccc3n5-c3ccccc3B4c3ccccc3)B3[BH2-]B1B32.[B]1B2B3[BH2-]P123NP12(c3ccc4c5ccccc5n5c4c3B(c3ccccc3)c3ccccc3-5)B3[BH2-]B1B32.[B]1B2B3[BH2-]P123NP12(c3ccccc3B3c4ccccc4-n4c5ccccc5c5cccc3c54)B3[BH2-]B1B32. The van der Waals surface area contributed by atoms with Gasteiger partial charge in [0.1, 0.15) is 0 Å². The number of hydrogen-bond acceptors (Lipinski definition) is 3. The zero-order valence-electron chi connectivity index (χ0n) is 63.1. The third-order valence-electron chi connectivity index (χ3n) is 42.0. The fourth-order valence-corrected chi connectivity index (χ4v) is 111.